The number of allylic oxidation sites excluding steroid dienone is 1. The van der Waals surface area contributed by atoms with E-state index < -0.39 is 21.0 Å². The zero-order chi connectivity index (χ0) is 13.8. The zero-order valence-corrected chi connectivity index (χ0v) is 10.4. The molecule has 1 aromatic carbocycles. The molecule has 0 spiro atoms. The smallest absolute Gasteiger partial charge is 0.331 e. The number of rotatable bonds is 4. The molecule has 18 heavy (non-hydrogen) atoms. The highest BCUT2D eigenvalue weighted by molar-refractivity contribution is 7.90. The van der Waals surface area contributed by atoms with E-state index in [1.807, 2.05) is 0 Å². The van der Waals surface area contributed by atoms with Crippen LogP contribution >= 0.6 is 0 Å². The first-order valence-electron chi connectivity index (χ1n) is 4.96. The Hall–Kier alpha value is -1.92. The van der Waals surface area contributed by atoms with Crippen LogP contribution in [0, 0.1) is 0 Å². The van der Waals surface area contributed by atoms with Crippen molar-refractivity contribution >= 4 is 22.2 Å². The quantitative estimate of drug-likeness (QED) is 0.494. The maximum atomic E-state index is 11.1. The molecule has 96 valence electrons. The third-order valence-corrected chi connectivity index (χ3v) is 2.93. The van der Waals surface area contributed by atoms with Crippen LogP contribution in [0.3, 0.4) is 0 Å². The molecular weight excluding hydrogens is 256 g/mol. The Bertz CT molecular complexity index is 597. The van der Waals surface area contributed by atoms with Gasteiger partial charge >= 0.3 is 5.97 Å². The van der Waals surface area contributed by atoms with Crippen molar-refractivity contribution in [2.75, 3.05) is 0 Å². The standard InChI is InChI=1S/C12H12O5S/c1-9(12(13)14)7-11(18(15,16)17)8-10-5-3-2-4-6-10/h2-8H,1H3,(H,13,14)(H,15,16,17). The topological polar surface area (TPSA) is 91.7 Å². The van der Waals surface area contributed by atoms with Crippen molar-refractivity contribution in [3.63, 3.8) is 0 Å². The normalized spacial score (nSPS) is 13.4. The molecule has 0 aliphatic carbocycles. The van der Waals surface area contributed by atoms with Crippen LogP contribution in [-0.2, 0) is 14.9 Å². The van der Waals surface area contributed by atoms with Crippen molar-refractivity contribution in [2.24, 2.45) is 0 Å². The van der Waals surface area contributed by atoms with E-state index >= 15 is 0 Å². The van der Waals surface area contributed by atoms with E-state index in [1.54, 1.807) is 30.3 Å². The number of carboxylic acid groups (broad SMARTS) is 1. The summed E-state index contributed by atoms with van der Waals surface area (Å²) in [4.78, 5) is 10.2. The molecule has 0 saturated heterocycles. The van der Waals surface area contributed by atoms with Gasteiger partial charge in [0.2, 0.25) is 0 Å². The predicted molar refractivity (Wildman–Crippen MR) is 67.4 cm³/mol. The Morgan fingerprint density at radius 3 is 2.22 bits per heavy atom. The summed E-state index contributed by atoms with van der Waals surface area (Å²) in [5, 5.41) is 8.69. The molecule has 0 radical (unpaired) electrons. The van der Waals surface area contributed by atoms with Crippen molar-refractivity contribution in [1.29, 1.82) is 0 Å². The van der Waals surface area contributed by atoms with E-state index in [4.69, 9.17) is 9.66 Å². The minimum Gasteiger partial charge on any atom is -0.478 e. The lowest BCUT2D eigenvalue weighted by Gasteiger charge is -2.00. The van der Waals surface area contributed by atoms with Gasteiger partial charge in [0.25, 0.3) is 10.1 Å². The molecule has 2 N–H and O–H groups in total. The fraction of sp³-hybridized carbons (Fsp3) is 0.0833. The van der Waals surface area contributed by atoms with Crippen molar-refractivity contribution in [3.05, 3.63) is 52.4 Å². The molecule has 0 amide bonds. The summed E-state index contributed by atoms with van der Waals surface area (Å²) < 4.78 is 31.3. The average Bonchev–Trinajstić information content (AvgIpc) is 2.28. The highest BCUT2D eigenvalue weighted by atomic mass is 32.2. The third kappa shape index (κ3) is 4.15. The van der Waals surface area contributed by atoms with Crippen LogP contribution in [0.15, 0.2) is 46.9 Å². The highest BCUT2D eigenvalue weighted by Gasteiger charge is 2.13. The number of carbonyl (C=O) groups is 1. The molecular formula is C12H12O5S. The SMILES string of the molecule is CC(=CC(=Cc1ccccc1)S(=O)(=O)O)C(=O)O. The molecule has 0 unspecified atom stereocenters. The second-order valence-electron chi connectivity index (χ2n) is 3.56. The summed E-state index contributed by atoms with van der Waals surface area (Å²) in [6.45, 7) is 1.24. The number of benzene rings is 1. The van der Waals surface area contributed by atoms with Gasteiger partial charge in [-0.05, 0) is 24.6 Å². The van der Waals surface area contributed by atoms with Gasteiger partial charge < -0.3 is 5.11 Å². The molecule has 0 aliphatic heterocycles. The number of hydrogen-bond acceptors (Lipinski definition) is 3. The maximum Gasteiger partial charge on any atom is 0.331 e. The van der Waals surface area contributed by atoms with Gasteiger partial charge in [0.05, 0.1) is 4.91 Å². The largest absolute Gasteiger partial charge is 0.478 e. The fourth-order valence-electron chi connectivity index (χ4n) is 1.18. The lowest BCUT2D eigenvalue weighted by molar-refractivity contribution is -0.132. The Morgan fingerprint density at radius 2 is 1.78 bits per heavy atom. The summed E-state index contributed by atoms with van der Waals surface area (Å²) in [5.41, 5.74) is 0.356. The molecule has 0 aromatic heterocycles. The molecule has 1 aromatic rings. The zero-order valence-electron chi connectivity index (χ0n) is 9.57. The third-order valence-electron chi connectivity index (χ3n) is 2.10. The summed E-state index contributed by atoms with van der Waals surface area (Å²) in [6.07, 6.45) is 2.10. The van der Waals surface area contributed by atoms with E-state index in [0.717, 1.165) is 6.08 Å². The van der Waals surface area contributed by atoms with Crippen LogP contribution in [0.25, 0.3) is 6.08 Å². The van der Waals surface area contributed by atoms with Crippen LogP contribution in [0.5, 0.6) is 0 Å². The van der Waals surface area contributed by atoms with E-state index in [1.165, 1.54) is 13.0 Å². The molecule has 5 nitrogen and oxygen atoms in total. The summed E-state index contributed by atoms with van der Waals surface area (Å²) in [6, 6.07) is 8.41. The molecule has 0 saturated carbocycles. The number of aliphatic carboxylic acids is 1. The van der Waals surface area contributed by atoms with E-state index in [2.05, 4.69) is 0 Å². The van der Waals surface area contributed by atoms with Crippen molar-refractivity contribution < 1.29 is 22.9 Å². The lowest BCUT2D eigenvalue weighted by Crippen LogP contribution is -2.03. The van der Waals surface area contributed by atoms with Crippen molar-refractivity contribution in [2.45, 2.75) is 6.92 Å². The Balaban J connectivity index is 3.29. The second kappa shape index (κ2) is 5.61. The highest BCUT2D eigenvalue weighted by Crippen LogP contribution is 2.14. The van der Waals surface area contributed by atoms with E-state index in [0.29, 0.717) is 5.56 Å². The van der Waals surface area contributed by atoms with E-state index in [-0.39, 0.29) is 5.57 Å². The van der Waals surface area contributed by atoms with Gasteiger partial charge in [0, 0.05) is 5.57 Å². The molecule has 0 heterocycles. The first kappa shape index (κ1) is 14.1. The Kier molecular flexibility index (Phi) is 4.41. The molecule has 0 atom stereocenters. The average molecular weight is 268 g/mol. The van der Waals surface area contributed by atoms with Crippen LogP contribution in [0.2, 0.25) is 0 Å². The van der Waals surface area contributed by atoms with Crippen LogP contribution in [0.4, 0.5) is 0 Å². The lowest BCUT2D eigenvalue weighted by atomic mass is 10.2. The van der Waals surface area contributed by atoms with Gasteiger partial charge in [-0.15, -0.1) is 0 Å². The number of hydrogen-bond donors (Lipinski definition) is 2. The van der Waals surface area contributed by atoms with E-state index in [9.17, 15) is 13.2 Å². The summed E-state index contributed by atoms with van der Waals surface area (Å²) in [7, 11) is -4.47. The minimum absolute atomic E-state index is 0.185. The Labute approximate surface area is 105 Å². The molecule has 6 heteroatoms. The monoisotopic (exact) mass is 268 g/mol. The second-order valence-corrected chi connectivity index (χ2v) is 4.99. The maximum absolute atomic E-state index is 11.1. The first-order chi connectivity index (χ1) is 8.30. The minimum atomic E-state index is -4.47. The summed E-state index contributed by atoms with van der Waals surface area (Å²) in [5.74, 6) is -1.25. The van der Waals surface area contributed by atoms with Crippen molar-refractivity contribution in [1.82, 2.24) is 0 Å². The van der Waals surface area contributed by atoms with Crippen LogP contribution < -0.4 is 0 Å². The number of carboxylic acids is 1. The van der Waals surface area contributed by atoms with Gasteiger partial charge in [-0.2, -0.15) is 8.42 Å². The molecule has 1 rings (SSSR count). The molecule has 0 aliphatic rings. The first-order valence-corrected chi connectivity index (χ1v) is 6.40. The fourth-order valence-corrected chi connectivity index (χ4v) is 1.79. The van der Waals surface area contributed by atoms with Crippen LogP contribution in [-0.4, -0.2) is 24.0 Å². The van der Waals surface area contributed by atoms with Gasteiger partial charge in [-0.25, -0.2) is 4.79 Å². The summed E-state index contributed by atoms with van der Waals surface area (Å²) >= 11 is 0. The Morgan fingerprint density at radius 1 is 1.22 bits per heavy atom. The van der Waals surface area contributed by atoms with Gasteiger partial charge in [0.1, 0.15) is 0 Å². The van der Waals surface area contributed by atoms with Crippen LogP contribution in [0.1, 0.15) is 12.5 Å². The molecule has 0 bridgehead atoms. The van der Waals surface area contributed by atoms with Gasteiger partial charge in [0.15, 0.2) is 0 Å². The predicted octanol–water partition coefficient (Wildman–Crippen LogP) is 1.95. The molecule has 0 fully saturated rings. The van der Waals surface area contributed by atoms with Gasteiger partial charge in [-0.1, -0.05) is 30.3 Å². The van der Waals surface area contributed by atoms with Crippen molar-refractivity contribution in [3.8, 4) is 0 Å². The van der Waals surface area contributed by atoms with Gasteiger partial charge in [-0.3, -0.25) is 4.55 Å².